The molecule has 0 spiro atoms. The molecule has 2 aliphatic rings. The smallest absolute Gasteiger partial charge is 0.407 e. The van der Waals surface area contributed by atoms with Crippen LogP contribution < -0.4 is 26.2 Å². The summed E-state index contributed by atoms with van der Waals surface area (Å²) in [6.45, 7) is 9.31. The van der Waals surface area contributed by atoms with Crippen molar-refractivity contribution in [3.8, 4) is 0 Å². The van der Waals surface area contributed by atoms with Crippen LogP contribution in [0.5, 0.6) is 0 Å². The monoisotopic (exact) mass is 811 g/mol. The average Bonchev–Trinajstić information content (AvgIpc) is 3.94. The normalized spacial score (nSPS) is 17.2. The zero-order valence-corrected chi connectivity index (χ0v) is 34.7. The van der Waals surface area contributed by atoms with Crippen LogP contribution in [0.3, 0.4) is 0 Å². The van der Waals surface area contributed by atoms with E-state index in [1.54, 1.807) is 9.80 Å². The second-order valence-electron chi connectivity index (χ2n) is 15.7. The van der Waals surface area contributed by atoms with Gasteiger partial charge in [0.25, 0.3) is 0 Å². The minimum Gasteiger partial charge on any atom is -0.453 e. The third kappa shape index (κ3) is 11.5. The predicted octanol–water partition coefficient (Wildman–Crippen LogP) is 5.51. The molecule has 2 fully saturated rings. The number of ether oxygens (including phenoxy) is 2. The van der Waals surface area contributed by atoms with Gasteiger partial charge in [0.05, 0.1) is 14.2 Å². The zero-order valence-electron chi connectivity index (χ0n) is 34.7. The van der Waals surface area contributed by atoms with Crippen molar-refractivity contribution < 1.29 is 38.2 Å². The summed E-state index contributed by atoms with van der Waals surface area (Å²) in [5.74, 6) is -1.58. The lowest BCUT2D eigenvalue weighted by Gasteiger charge is -2.30. The van der Waals surface area contributed by atoms with E-state index in [1.807, 2.05) is 107 Å². The molecule has 2 heterocycles. The van der Waals surface area contributed by atoms with Crippen molar-refractivity contribution in [2.24, 2.45) is 11.8 Å². The van der Waals surface area contributed by atoms with Crippen molar-refractivity contribution in [1.29, 1.82) is 0 Å². The summed E-state index contributed by atoms with van der Waals surface area (Å²) in [5.41, 5.74) is 4.26. The lowest BCUT2D eigenvalue weighted by atomic mass is 10.0. The van der Waals surface area contributed by atoms with Gasteiger partial charge in [0.2, 0.25) is 23.6 Å². The fourth-order valence-corrected chi connectivity index (χ4v) is 7.52. The Labute approximate surface area is 346 Å². The first-order valence-corrected chi connectivity index (χ1v) is 20.2. The summed E-state index contributed by atoms with van der Waals surface area (Å²) in [6, 6.07) is 22.3. The maximum atomic E-state index is 13.5. The number of nitrogens with one attached hydrogen (secondary N) is 4. The van der Waals surface area contributed by atoms with Crippen LogP contribution in [-0.4, -0.2) is 97.1 Å². The number of rotatable bonds is 15. The fourth-order valence-electron chi connectivity index (χ4n) is 7.52. The SMILES string of the molecule is COC(=O)NC(C(=O)N1CCCC1C(=O)Nc1ccc(CN(Cc2ccc(NC(=O)C3CCCN3C(=O)C(NC(=O)OC)C(C)C)cc2)c2ccccc2)cc1)C(C)C. The molecule has 0 bridgehead atoms. The summed E-state index contributed by atoms with van der Waals surface area (Å²) in [5, 5.41) is 11.2. The lowest BCUT2D eigenvalue weighted by molar-refractivity contribution is -0.139. The molecule has 3 aromatic carbocycles. The molecule has 4 unspecified atom stereocenters. The molecule has 0 aromatic heterocycles. The molecule has 4 atom stereocenters. The summed E-state index contributed by atoms with van der Waals surface area (Å²) in [4.78, 5) is 82.9. The second-order valence-corrected chi connectivity index (χ2v) is 15.7. The number of methoxy groups -OCH3 is 2. The number of carbonyl (C=O) groups is 6. The second kappa shape index (κ2) is 20.5. The zero-order chi connectivity index (χ0) is 42.6. The van der Waals surface area contributed by atoms with Gasteiger partial charge in [-0.15, -0.1) is 0 Å². The van der Waals surface area contributed by atoms with Crippen molar-refractivity contribution in [2.45, 2.75) is 90.6 Å². The molecule has 2 aliphatic heterocycles. The topological polar surface area (TPSA) is 179 Å². The van der Waals surface area contributed by atoms with E-state index < -0.39 is 36.4 Å². The van der Waals surface area contributed by atoms with Gasteiger partial charge in [0, 0.05) is 43.2 Å². The highest BCUT2D eigenvalue weighted by atomic mass is 16.5. The van der Waals surface area contributed by atoms with Gasteiger partial charge in [0.1, 0.15) is 24.2 Å². The van der Waals surface area contributed by atoms with Gasteiger partial charge in [0.15, 0.2) is 0 Å². The van der Waals surface area contributed by atoms with E-state index in [9.17, 15) is 28.8 Å². The van der Waals surface area contributed by atoms with Crippen molar-refractivity contribution in [3.05, 3.63) is 90.0 Å². The Kier molecular flexibility index (Phi) is 15.3. The molecule has 0 aliphatic carbocycles. The molecule has 15 nitrogen and oxygen atoms in total. The Balaban J connectivity index is 1.20. The summed E-state index contributed by atoms with van der Waals surface area (Å²) in [7, 11) is 2.49. The Morgan fingerprint density at radius 2 is 1.00 bits per heavy atom. The van der Waals surface area contributed by atoms with Crippen LogP contribution in [0.15, 0.2) is 78.9 Å². The molecule has 6 amide bonds. The molecule has 316 valence electrons. The van der Waals surface area contributed by atoms with Gasteiger partial charge >= 0.3 is 12.2 Å². The first kappa shape index (κ1) is 44.0. The molecule has 0 radical (unpaired) electrons. The fraction of sp³-hybridized carbons (Fsp3) is 0.455. The van der Waals surface area contributed by atoms with Gasteiger partial charge in [-0.25, -0.2) is 9.59 Å². The molecule has 15 heteroatoms. The van der Waals surface area contributed by atoms with E-state index in [0.717, 1.165) is 16.8 Å². The third-order valence-electron chi connectivity index (χ3n) is 10.8. The van der Waals surface area contributed by atoms with Crippen LogP contribution in [0.1, 0.15) is 64.5 Å². The van der Waals surface area contributed by atoms with Crippen molar-refractivity contribution in [1.82, 2.24) is 20.4 Å². The standard InChI is InChI=1S/C44H57N7O8/c1-28(2)37(47-43(56)58-5)41(54)50-24-10-14-35(50)39(52)45-32-20-16-30(17-21-32)26-49(34-12-8-7-9-13-34)27-31-18-22-33(23-19-31)46-40(53)36-15-11-25-51(36)42(55)38(29(3)4)48-44(57)59-6/h7-9,12-13,16-23,28-29,35-38H,10-11,14-15,24-27H2,1-6H3,(H,45,52)(H,46,53)(H,47,56)(H,48,57). The minimum absolute atomic E-state index is 0.197. The number of benzene rings is 3. The quantitative estimate of drug-likeness (QED) is 0.154. The average molecular weight is 812 g/mol. The van der Waals surface area contributed by atoms with E-state index >= 15 is 0 Å². The van der Waals surface area contributed by atoms with E-state index in [-0.39, 0.29) is 35.5 Å². The van der Waals surface area contributed by atoms with Crippen molar-refractivity contribution >= 4 is 52.9 Å². The molecule has 5 rings (SSSR count). The third-order valence-corrected chi connectivity index (χ3v) is 10.8. The molecule has 59 heavy (non-hydrogen) atoms. The first-order valence-electron chi connectivity index (χ1n) is 20.2. The number of alkyl carbamates (subject to hydrolysis) is 2. The van der Waals surface area contributed by atoms with E-state index in [1.165, 1.54) is 14.2 Å². The highest BCUT2D eigenvalue weighted by molar-refractivity contribution is 5.99. The summed E-state index contributed by atoms with van der Waals surface area (Å²) >= 11 is 0. The van der Waals surface area contributed by atoms with Gasteiger partial charge < -0.3 is 45.4 Å². The van der Waals surface area contributed by atoms with Crippen molar-refractivity contribution in [2.75, 3.05) is 42.8 Å². The number of para-hydroxylation sites is 1. The number of anilines is 3. The number of carbonyl (C=O) groups excluding carboxylic acids is 6. The van der Waals surface area contributed by atoms with Crippen LogP contribution in [0.4, 0.5) is 26.7 Å². The maximum absolute atomic E-state index is 13.5. The Morgan fingerprint density at radius 1 is 0.610 bits per heavy atom. The van der Waals surface area contributed by atoms with Crippen LogP contribution >= 0.6 is 0 Å². The molecular weight excluding hydrogens is 755 g/mol. The maximum Gasteiger partial charge on any atom is 0.407 e. The first-order chi connectivity index (χ1) is 28.3. The van der Waals surface area contributed by atoms with Gasteiger partial charge in [-0.2, -0.15) is 0 Å². The van der Waals surface area contributed by atoms with Gasteiger partial charge in [-0.3, -0.25) is 19.2 Å². The molecule has 3 aromatic rings. The number of hydrogen-bond donors (Lipinski definition) is 4. The number of hydrogen-bond acceptors (Lipinski definition) is 9. The van der Waals surface area contributed by atoms with E-state index in [4.69, 9.17) is 9.47 Å². The Hall–Kier alpha value is -6.12. The predicted molar refractivity (Wildman–Crippen MR) is 224 cm³/mol. The number of nitrogens with zero attached hydrogens (tertiary/aromatic N) is 3. The minimum atomic E-state index is -0.809. The highest BCUT2D eigenvalue weighted by Gasteiger charge is 2.40. The molecule has 2 saturated heterocycles. The molecule has 0 saturated carbocycles. The van der Waals surface area contributed by atoms with E-state index in [0.29, 0.717) is 63.2 Å². The highest BCUT2D eigenvalue weighted by Crippen LogP contribution is 2.26. The van der Waals surface area contributed by atoms with Gasteiger partial charge in [-0.05, 0) is 85.0 Å². The van der Waals surface area contributed by atoms with Crippen molar-refractivity contribution in [3.63, 3.8) is 0 Å². The lowest BCUT2D eigenvalue weighted by Crippen LogP contribution is -2.54. The summed E-state index contributed by atoms with van der Waals surface area (Å²) < 4.78 is 9.42. The summed E-state index contributed by atoms with van der Waals surface area (Å²) in [6.07, 6.45) is 1.01. The molecular formula is C44H57N7O8. The Morgan fingerprint density at radius 3 is 1.36 bits per heavy atom. The Bertz CT molecular complexity index is 1800. The van der Waals surface area contributed by atoms with Gasteiger partial charge in [-0.1, -0.05) is 70.2 Å². The van der Waals surface area contributed by atoms with Crippen LogP contribution in [-0.2, 0) is 41.7 Å². The molecule has 4 N–H and O–H groups in total. The number of likely N-dealkylation sites (tertiary alicyclic amines) is 2. The largest absolute Gasteiger partial charge is 0.453 e. The van der Waals surface area contributed by atoms with Crippen LogP contribution in [0, 0.1) is 11.8 Å². The van der Waals surface area contributed by atoms with E-state index in [2.05, 4.69) is 26.2 Å². The van der Waals surface area contributed by atoms with Crippen LogP contribution in [0.25, 0.3) is 0 Å². The van der Waals surface area contributed by atoms with Crippen LogP contribution in [0.2, 0.25) is 0 Å². The number of amides is 6.